The van der Waals surface area contributed by atoms with E-state index >= 15 is 0 Å². The van der Waals surface area contributed by atoms with Crippen LogP contribution in [0.15, 0.2) is 54.6 Å². The topological polar surface area (TPSA) is 96.2 Å². The van der Waals surface area contributed by atoms with E-state index < -0.39 is 41.3 Å². The Morgan fingerprint density at radius 3 is 2.63 bits per heavy atom. The summed E-state index contributed by atoms with van der Waals surface area (Å²) in [5, 5.41) is 31.2. The van der Waals surface area contributed by atoms with Gasteiger partial charge in [-0.3, -0.25) is 0 Å². The minimum absolute atomic E-state index is 0.0128. The van der Waals surface area contributed by atoms with Crippen molar-refractivity contribution >= 4 is 5.97 Å². The van der Waals surface area contributed by atoms with Crippen LogP contribution in [0.2, 0.25) is 0 Å². The van der Waals surface area contributed by atoms with Crippen LogP contribution in [0, 0.1) is 17.7 Å². The Hall–Kier alpha value is -2.90. The Morgan fingerprint density at radius 1 is 1.17 bits per heavy atom. The molecule has 5 atom stereocenters. The third-order valence-corrected chi connectivity index (χ3v) is 7.87. The molecule has 2 fully saturated rings. The van der Waals surface area contributed by atoms with E-state index in [0.29, 0.717) is 18.4 Å². The number of halogens is 1. The molecule has 35 heavy (non-hydrogen) atoms. The van der Waals surface area contributed by atoms with Gasteiger partial charge in [-0.05, 0) is 62.3 Å². The molecule has 1 heterocycles. The van der Waals surface area contributed by atoms with E-state index in [1.54, 1.807) is 12.1 Å². The second-order valence-electron chi connectivity index (χ2n) is 9.98. The van der Waals surface area contributed by atoms with Crippen LogP contribution in [0.4, 0.5) is 4.39 Å². The maximum absolute atomic E-state index is 14.9. The summed E-state index contributed by atoms with van der Waals surface area (Å²) in [6.07, 6.45) is 6.54. The first-order valence-electron chi connectivity index (χ1n) is 12.4. The minimum Gasteiger partial charge on any atom is -0.487 e. The standard InChI is InChI=1S/C28H31FO6/c29-25-21(27(32)33)11-10-17-6-4-9-20-19(22(30)16-23(20)34-26(17)25)12-13-24(31)28(14-5-15-28)35-18-7-2-1-3-8-18/h1-3,7-8,10-13,19-20,22-24,30-31H,4-6,9,14-16H2,(H,32,33)/b13-12+/t19-,20-,22-,23+,24?/m1/s1. The molecule has 0 amide bonds. The molecule has 3 aliphatic rings. The number of aromatic carboxylic acids is 1. The summed E-state index contributed by atoms with van der Waals surface area (Å²) in [7, 11) is 0. The van der Waals surface area contributed by atoms with E-state index in [9.17, 15) is 24.5 Å². The largest absolute Gasteiger partial charge is 0.487 e. The van der Waals surface area contributed by atoms with Gasteiger partial charge >= 0.3 is 5.97 Å². The van der Waals surface area contributed by atoms with Gasteiger partial charge in [0.2, 0.25) is 0 Å². The first kappa shape index (κ1) is 23.8. The van der Waals surface area contributed by atoms with E-state index in [1.807, 2.05) is 36.4 Å². The number of fused-ring (bicyclic) bond motifs is 2. The van der Waals surface area contributed by atoms with Gasteiger partial charge in [-0.1, -0.05) is 36.4 Å². The third kappa shape index (κ3) is 4.55. The zero-order chi connectivity index (χ0) is 24.6. The second kappa shape index (κ2) is 9.63. The molecule has 2 aromatic carbocycles. The number of benzene rings is 2. The van der Waals surface area contributed by atoms with Crippen LogP contribution in [-0.4, -0.2) is 45.2 Å². The van der Waals surface area contributed by atoms with Crippen molar-refractivity contribution in [2.75, 3.05) is 0 Å². The van der Waals surface area contributed by atoms with Gasteiger partial charge in [0.1, 0.15) is 23.6 Å². The number of hydrogen-bond acceptors (Lipinski definition) is 5. The summed E-state index contributed by atoms with van der Waals surface area (Å²) < 4.78 is 27.2. The van der Waals surface area contributed by atoms with Crippen molar-refractivity contribution in [1.29, 1.82) is 0 Å². The predicted molar refractivity (Wildman–Crippen MR) is 127 cm³/mol. The fourth-order valence-corrected chi connectivity index (χ4v) is 5.77. The van der Waals surface area contributed by atoms with Gasteiger partial charge < -0.3 is 24.8 Å². The molecule has 0 saturated heterocycles. The zero-order valence-corrected chi connectivity index (χ0v) is 19.5. The van der Waals surface area contributed by atoms with Gasteiger partial charge in [0.25, 0.3) is 0 Å². The van der Waals surface area contributed by atoms with Crippen molar-refractivity contribution < 1.29 is 34.0 Å². The Kier molecular flexibility index (Phi) is 6.55. The molecule has 6 nitrogen and oxygen atoms in total. The number of para-hydroxylation sites is 1. The third-order valence-electron chi connectivity index (χ3n) is 7.87. The SMILES string of the molecule is O=C(O)c1ccc2c(c1F)O[C@H]1C[C@@H](O)[C@H](/C=C/C(O)C3(Oc4ccccc4)CCC3)[C@H]1CCC2. The van der Waals surface area contributed by atoms with Gasteiger partial charge in [-0.2, -0.15) is 0 Å². The van der Waals surface area contributed by atoms with Crippen molar-refractivity contribution in [1.82, 2.24) is 0 Å². The second-order valence-corrected chi connectivity index (χ2v) is 9.98. The number of hydrogen-bond donors (Lipinski definition) is 3. The van der Waals surface area contributed by atoms with Crippen molar-refractivity contribution in [2.45, 2.75) is 68.9 Å². The highest BCUT2D eigenvalue weighted by Crippen LogP contribution is 2.44. The maximum Gasteiger partial charge on any atom is 0.338 e. The average Bonchev–Trinajstić information content (AvgIpc) is 3.08. The number of ether oxygens (including phenoxy) is 2. The molecule has 186 valence electrons. The Bertz CT molecular complexity index is 1100. The summed E-state index contributed by atoms with van der Waals surface area (Å²) in [6, 6.07) is 12.4. The molecule has 2 aromatic rings. The first-order chi connectivity index (χ1) is 16.9. The summed E-state index contributed by atoms with van der Waals surface area (Å²) in [5.41, 5.74) is -0.434. The molecule has 1 aliphatic heterocycles. The monoisotopic (exact) mass is 482 g/mol. The molecule has 1 unspecified atom stereocenters. The molecule has 0 bridgehead atoms. The highest BCUT2D eigenvalue weighted by Gasteiger charge is 2.47. The molecule has 7 heteroatoms. The fourth-order valence-electron chi connectivity index (χ4n) is 5.77. The molecular weight excluding hydrogens is 451 g/mol. The lowest BCUT2D eigenvalue weighted by atomic mass is 9.75. The van der Waals surface area contributed by atoms with Crippen molar-refractivity contribution in [3.8, 4) is 11.5 Å². The predicted octanol–water partition coefficient (Wildman–Crippen LogP) is 4.52. The fraction of sp³-hybridized carbons (Fsp3) is 0.464. The number of aryl methyl sites for hydroxylation is 1. The van der Waals surface area contributed by atoms with E-state index in [1.165, 1.54) is 6.07 Å². The van der Waals surface area contributed by atoms with E-state index in [4.69, 9.17) is 9.47 Å². The molecule has 0 radical (unpaired) electrons. The van der Waals surface area contributed by atoms with Crippen LogP contribution in [0.3, 0.4) is 0 Å². The maximum atomic E-state index is 14.9. The van der Waals surface area contributed by atoms with Crippen LogP contribution in [0.5, 0.6) is 11.5 Å². The Balaban J connectivity index is 1.33. The highest BCUT2D eigenvalue weighted by molar-refractivity contribution is 5.88. The number of carboxylic acids is 1. The van der Waals surface area contributed by atoms with Gasteiger partial charge in [0.05, 0.1) is 11.7 Å². The minimum atomic E-state index is -1.34. The van der Waals surface area contributed by atoms with Crippen LogP contribution >= 0.6 is 0 Å². The lowest BCUT2D eigenvalue weighted by Crippen LogP contribution is -2.52. The number of carboxylic acid groups (broad SMARTS) is 1. The average molecular weight is 483 g/mol. The molecule has 2 saturated carbocycles. The van der Waals surface area contributed by atoms with Crippen LogP contribution in [-0.2, 0) is 6.42 Å². The zero-order valence-electron chi connectivity index (χ0n) is 19.5. The van der Waals surface area contributed by atoms with Gasteiger partial charge in [-0.15, -0.1) is 0 Å². The molecule has 0 aromatic heterocycles. The number of aliphatic hydroxyl groups is 2. The van der Waals surface area contributed by atoms with Gasteiger partial charge in [-0.25, -0.2) is 9.18 Å². The summed E-state index contributed by atoms with van der Waals surface area (Å²) >= 11 is 0. The number of aliphatic hydroxyl groups excluding tert-OH is 2. The smallest absolute Gasteiger partial charge is 0.338 e. The lowest BCUT2D eigenvalue weighted by molar-refractivity contribution is -0.0852. The number of rotatable bonds is 6. The van der Waals surface area contributed by atoms with Gasteiger partial charge in [0, 0.05) is 18.3 Å². The van der Waals surface area contributed by atoms with Gasteiger partial charge in [0.15, 0.2) is 11.6 Å². The Labute approximate surface area is 204 Å². The normalized spacial score (nSPS) is 28.1. The highest BCUT2D eigenvalue weighted by atomic mass is 19.1. The van der Waals surface area contributed by atoms with Crippen LogP contribution < -0.4 is 9.47 Å². The number of carbonyl (C=O) groups is 1. The molecule has 3 N–H and O–H groups in total. The quantitative estimate of drug-likeness (QED) is 0.524. The van der Waals surface area contributed by atoms with Crippen LogP contribution in [0.1, 0.15) is 54.4 Å². The van der Waals surface area contributed by atoms with Crippen LogP contribution in [0.25, 0.3) is 0 Å². The summed E-state index contributed by atoms with van der Waals surface area (Å²) in [6.45, 7) is 0. The summed E-state index contributed by atoms with van der Waals surface area (Å²) in [4.78, 5) is 11.4. The van der Waals surface area contributed by atoms with Crippen molar-refractivity contribution in [3.05, 3.63) is 71.6 Å². The summed E-state index contributed by atoms with van der Waals surface area (Å²) in [5.74, 6) is -1.81. The van der Waals surface area contributed by atoms with E-state index in [0.717, 1.165) is 37.9 Å². The molecule has 5 rings (SSSR count). The molecule has 0 spiro atoms. The van der Waals surface area contributed by atoms with E-state index in [2.05, 4.69) is 0 Å². The van der Waals surface area contributed by atoms with Crippen molar-refractivity contribution in [3.63, 3.8) is 0 Å². The van der Waals surface area contributed by atoms with Crippen molar-refractivity contribution in [2.24, 2.45) is 11.8 Å². The van der Waals surface area contributed by atoms with E-state index in [-0.39, 0.29) is 17.6 Å². The molecule has 2 aliphatic carbocycles. The first-order valence-corrected chi connectivity index (χ1v) is 12.4. The Morgan fingerprint density at radius 2 is 1.94 bits per heavy atom. The lowest BCUT2D eigenvalue weighted by Gasteiger charge is -2.44. The molecular formula is C28H31FO6.